The molecule has 0 aliphatic carbocycles. The minimum Gasteiger partial charge on any atom is -0.375 e. The van der Waals surface area contributed by atoms with Gasteiger partial charge in [0.2, 0.25) is 0 Å². The van der Waals surface area contributed by atoms with Crippen LogP contribution in [-0.2, 0) is 0 Å². The smallest absolute Gasteiger partial charge is 0.180 e. The molecule has 1 atom stereocenters. The second-order valence-electron chi connectivity index (χ2n) is 4.38. The molecule has 0 bridgehead atoms. The average molecular weight is 267 g/mol. The largest absolute Gasteiger partial charge is 0.375 e. The Morgan fingerprint density at radius 2 is 1.88 bits per heavy atom. The molecule has 90 valence electrons. The van der Waals surface area contributed by atoms with Gasteiger partial charge in [-0.1, -0.05) is 37.6 Å². The molecule has 1 aromatic heterocycles. The summed E-state index contributed by atoms with van der Waals surface area (Å²) in [6.45, 7) is 4.38. The lowest BCUT2D eigenvalue weighted by Gasteiger charge is -2.19. The fourth-order valence-corrected chi connectivity index (χ4v) is 2.74. The zero-order valence-electron chi connectivity index (χ0n) is 9.85. The normalized spacial score (nSPS) is 12.9. The maximum Gasteiger partial charge on any atom is 0.180 e. The van der Waals surface area contributed by atoms with E-state index in [-0.39, 0.29) is 5.92 Å². The third kappa shape index (κ3) is 2.79. The van der Waals surface area contributed by atoms with Gasteiger partial charge in [0.25, 0.3) is 0 Å². The van der Waals surface area contributed by atoms with Gasteiger partial charge in [-0.05, 0) is 23.6 Å². The third-order valence-corrected chi connectivity index (χ3v) is 3.70. The minimum absolute atomic E-state index is 0.279. The van der Waals surface area contributed by atoms with E-state index in [9.17, 15) is 0 Å². The topological polar surface area (TPSA) is 38.9 Å². The van der Waals surface area contributed by atoms with Gasteiger partial charge < -0.3 is 5.73 Å². The molecule has 1 heterocycles. The van der Waals surface area contributed by atoms with Crippen LogP contribution in [0.25, 0.3) is 0 Å². The van der Waals surface area contributed by atoms with Crippen LogP contribution in [0.4, 0.5) is 5.13 Å². The Labute approximate surface area is 110 Å². The zero-order valence-corrected chi connectivity index (χ0v) is 11.4. The van der Waals surface area contributed by atoms with E-state index in [0.717, 1.165) is 10.7 Å². The first kappa shape index (κ1) is 12.4. The Balaban J connectivity index is 2.39. The van der Waals surface area contributed by atoms with E-state index in [2.05, 4.69) is 31.0 Å². The molecule has 1 unspecified atom stereocenters. The molecule has 0 radical (unpaired) electrons. The Hall–Kier alpha value is -1.06. The van der Waals surface area contributed by atoms with Crippen molar-refractivity contribution in [3.05, 3.63) is 45.9 Å². The van der Waals surface area contributed by atoms with Gasteiger partial charge in [0.1, 0.15) is 0 Å². The number of aromatic nitrogens is 1. The van der Waals surface area contributed by atoms with Crippen LogP contribution in [0.15, 0.2) is 29.6 Å². The number of nitrogens with zero attached hydrogens (tertiary/aromatic N) is 1. The van der Waals surface area contributed by atoms with Gasteiger partial charge in [-0.25, -0.2) is 4.98 Å². The van der Waals surface area contributed by atoms with Crippen molar-refractivity contribution in [3.8, 4) is 0 Å². The van der Waals surface area contributed by atoms with Crippen molar-refractivity contribution >= 4 is 28.1 Å². The van der Waals surface area contributed by atoms with Crippen molar-refractivity contribution < 1.29 is 0 Å². The molecule has 0 spiro atoms. The van der Waals surface area contributed by atoms with Gasteiger partial charge in [0, 0.05) is 16.3 Å². The first-order valence-corrected chi connectivity index (χ1v) is 6.80. The fourth-order valence-electron chi connectivity index (χ4n) is 2.01. The highest BCUT2D eigenvalue weighted by Crippen LogP contribution is 2.33. The van der Waals surface area contributed by atoms with Gasteiger partial charge in [-0.15, -0.1) is 11.3 Å². The minimum atomic E-state index is 0.279. The first-order chi connectivity index (χ1) is 8.08. The number of halogens is 1. The monoisotopic (exact) mass is 266 g/mol. The molecule has 0 fully saturated rings. The van der Waals surface area contributed by atoms with Gasteiger partial charge in [-0.2, -0.15) is 0 Å². The molecule has 1 aromatic carbocycles. The molecule has 2 rings (SSSR count). The van der Waals surface area contributed by atoms with Crippen molar-refractivity contribution in [2.24, 2.45) is 5.92 Å². The van der Waals surface area contributed by atoms with Crippen LogP contribution in [0.3, 0.4) is 0 Å². The van der Waals surface area contributed by atoms with E-state index in [0.29, 0.717) is 11.0 Å². The summed E-state index contributed by atoms with van der Waals surface area (Å²) < 4.78 is 0. The molecule has 0 saturated carbocycles. The molecule has 17 heavy (non-hydrogen) atoms. The number of benzene rings is 1. The molecular formula is C13H15ClN2S. The predicted octanol–water partition coefficient (Wildman–Crippen LogP) is 4.17. The van der Waals surface area contributed by atoms with Crippen LogP contribution in [0, 0.1) is 5.92 Å². The second kappa shape index (κ2) is 5.07. The van der Waals surface area contributed by atoms with Gasteiger partial charge in [-0.3, -0.25) is 0 Å². The number of thiazole rings is 1. The molecular weight excluding hydrogens is 252 g/mol. The molecule has 0 aliphatic heterocycles. The number of nitrogens with two attached hydrogens (primary N) is 1. The van der Waals surface area contributed by atoms with Crippen LogP contribution < -0.4 is 5.73 Å². The lowest BCUT2D eigenvalue weighted by Crippen LogP contribution is -2.09. The van der Waals surface area contributed by atoms with E-state index >= 15 is 0 Å². The highest BCUT2D eigenvalue weighted by Gasteiger charge is 2.20. The Morgan fingerprint density at radius 3 is 2.35 bits per heavy atom. The number of rotatable bonds is 3. The van der Waals surface area contributed by atoms with E-state index in [1.54, 1.807) is 0 Å². The number of hydrogen-bond donors (Lipinski definition) is 1. The molecule has 0 aliphatic rings. The van der Waals surface area contributed by atoms with Crippen molar-refractivity contribution in [1.29, 1.82) is 0 Å². The van der Waals surface area contributed by atoms with Gasteiger partial charge >= 0.3 is 0 Å². The standard InChI is InChI=1S/C13H15ClN2S/c1-8(2)12(11-7-17-13(15)16-11)9-3-5-10(14)6-4-9/h3-8,12H,1-2H3,(H2,15,16). The van der Waals surface area contributed by atoms with Crippen LogP contribution >= 0.6 is 22.9 Å². The van der Waals surface area contributed by atoms with Crippen molar-refractivity contribution in [3.63, 3.8) is 0 Å². The highest BCUT2D eigenvalue weighted by molar-refractivity contribution is 7.13. The summed E-state index contributed by atoms with van der Waals surface area (Å²) in [5, 5.41) is 3.42. The van der Waals surface area contributed by atoms with E-state index < -0.39 is 0 Å². The van der Waals surface area contributed by atoms with E-state index in [1.165, 1.54) is 16.9 Å². The second-order valence-corrected chi connectivity index (χ2v) is 5.71. The highest BCUT2D eigenvalue weighted by atomic mass is 35.5. The lowest BCUT2D eigenvalue weighted by molar-refractivity contribution is 0.555. The Morgan fingerprint density at radius 1 is 1.24 bits per heavy atom. The van der Waals surface area contributed by atoms with Crippen molar-refractivity contribution in [2.45, 2.75) is 19.8 Å². The summed E-state index contributed by atoms with van der Waals surface area (Å²) >= 11 is 7.40. The predicted molar refractivity (Wildman–Crippen MR) is 74.7 cm³/mol. The molecule has 2 aromatic rings. The van der Waals surface area contributed by atoms with Crippen LogP contribution in [-0.4, -0.2) is 4.98 Å². The van der Waals surface area contributed by atoms with Crippen LogP contribution in [0.1, 0.15) is 31.0 Å². The molecule has 0 amide bonds. The first-order valence-electron chi connectivity index (χ1n) is 5.54. The number of hydrogen-bond acceptors (Lipinski definition) is 3. The fraction of sp³-hybridized carbons (Fsp3) is 0.308. The van der Waals surface area contributed by atoms with Gasteiger partial charge in [0.15, 0.2) is 5.13 Å². The third-order valence-electron chi connectivity index (χ3n) is 2.75. The van der Waals surface area contributed by atoms with Crippen molar-refractivity contribution in [1.82, 2.24) is 4.98 Å². The molecule has 2 N–H and O–H groups in total. The summed E-state index contributed by atoms with van der Waals surface area (Å²) in [5.74, 6) is 0.749. The summed E-state index contributed by atoms with van der Waals surface area (Å²) in [6, 6.07) is 7.95. The number of anilines is 1. The molecule has 4 heteroatoms. The van der Waals surface area contributed by atoms with E-state index in [4.69, 9.17) is 17.3 Å². The molecule has 0 saturated heterocycles. The zero-order chi connectivity index (χ0) is 12.4. The van der Waals surface area contributed by atoms with E-state index in [1.807, 2.05) is 17.5 Å². The van der Waals surface area contributed by atoms with Gasteiger partial charge in [0.05, 0.1) is 5.69 Å². The SMILES string of the molecule is CC(C)C(c1ccc(Cl)cc1)c1csc(N)n1. The summed E-state index contributed by atoms with van der Waals surface area (Å²) in [6.07, 6.45) is 0. The summed E-state index contributed by atoms with van der Waals surface area (Å²) in [5.41, 5.74) is 7.98. The summed E-state index contributed by atoms with van der Waals surface area (Å²) in [4.78, 5) is 4.39. The lowest BCUT2D eigenvalue weighted by atomic mass is 9.86. The maximum absolute atomic E-state index is 5.91. The van der Waals surface area contributed by atoms with Crippen LogP contribution in [0.5, 0.6) is 0 Å². The Kier molecular flexibility index (Phi) is 3.69. The number of nitrogen functional groups attached to an aromatic ring is 1. The maximum atomic E-state index is 5.91. The summed E-state index contributed by atoms with van der Waals surface area (Å²) in [7, 11) is 0. The average Bonchev–Trinajstić information content (AvgIpc) is 2.68. The van der Waals surface area contributed by atoms with Crippen LogP contribution in [0.2, 0.25) is 5.02 Å². The Bertz CT molecular complexity index is 490. The van der Waals surface area contributed by atoms with Crippen molar-refractivity contribution in [2.75, 3.05) is 5.73 Å². The quantitative estimate of drug-likeness (QED) is 0.906. The molecule has 2 nitrogen and oxygen atoms in total.